The summed E-state index contributed by atoms with van der Waals surface area (Å²) in [6.07, 6.45) is 5.65. The van der Waals surface area contributed by atoms with E-state index in [4.69, 9.17) is 11.6 Å². The van der Waals surface area contributed by atoms with Crippen LogP contribution >= 0.6 is 11.6 Å². The van der Waals surface area contributed by atoms with Crippen LogP contribution in [0, 0.1) is 5.92 Å². The lowest BCUT2D eigenvalue weighted by Crippen LogP contribution is -2.39. The maximum absolute atomic E-state index is 12.3. The maximum Gasteiger partial charge on any atom is 0.315 e. The average Bonchev–Trinajstić information content (AvgIpc) is 2.96. The highest BCUT2D eigenvalue weighted by Crippen LogP contribution is 2.22. The van der Waals surface area contributed by atoms with Crippen molar-refractivity contribution in [3.05, 3.63) is 53.1 Å². The summed E-state index contributed by atoms with van der Waals surface area (Å²) in [6, 6.07) is 6.92. The number of aromatic nitrogens is 2. The Labute approximate surface area is 148 Å². The molecule has 6 heteroatoms. The number of benzene rings is 1. The lowest BCUT2D eigenvalue weighted by molar-refractivity contribution is 0.237. The van der Waals surface area contributed by atoms with Crippen molar-refractivity contribution in [2.45, 2.75) is 32.7 Å². The fraction of sp³-hybridized carbons (Fsp3) is 0.444. The van der Waals surface area contributed by atoms with Crippen LogP contribution in [-0.2, 0) is 7.05 Å². The van der Waals surface area contributed by atoms with Gasteiger partial charge in [-0.2, -0.15) is 0 Å². The molecule has 0 fully saturated rings. The molecule has 0 saturated carbocycles. The first-order valence-corrected chi connectivity index (χ1v) is 8.62. The number of carbonyl (C=O) groups is 1. The first-order chi connectivity index (χ1) is 11.5. The van der Waals surface area contributed by atoms with Gasteiger partial charge in [0.1, 0.15) is 11.9 Å². The van der Waals surface area contributed by atoms with Gasteiger partial charge in [-0.1, -0.05) is 37.6 Å². The molecule has 0 radical (unpaired) electrons. The minimum atomic E-state index is -0.327. The number of amides is 2. The fourth-order valence-electron chi connectivity index (χ4n) is 2.50. The summed E-state index contributed by atoms with van der Waals surface area (Å²) in [5, 5.41) is 6.59. The second-order valence-electron chi connectivity index (χ2n) is 6.32. The van der Waals surface area contributed by atoms with Gasteiger partial charge in [-0.05, 0) is 36.5 Å². The average molecular weight is 349 g/mol. The smallest absolute Gasteiger partial charge is 0.315 e. The van der Waals surface area contributed by atoms with Gasteiger partial charge in [0.15, 0.2) is 0 Å². The Hall–Kier alpha value is -2.01. The number of nitrogens with zero attached hydrogens (tertiary/aromatic N) is 2. The molecule has 0 saturated heterocycles. The number of imidazole rings is 1. The van der Waals surface area contributed by atoms with Gasteiger partial charge in [-0.25, -0.2) is 9.78 Å². The van der Waals surface area contributed by atoms with Crippen molar-refractivity contribution in [3.63, 3.8) is 0 Å². The molecule has 0 spiro atoms. The number of urea groups is 1. The molecule has 2 amide bonds. The number of halogens is 1. The van der Waals surface area contributed by atoms with Crippen molar-refractivity contribution in [1.29, 1.82) is 0 Å². The number of carbonyl (C=O) groups excluding carboxylic acids is 1. The minimum Gasteiger partial charge on any atom is -0.338 e. The molecule has 0 bridgehead atoms. The van der Waals surface area contributed by atoms with Crippen LogP contribution in [0.5, 0.6) is 0 Å². The second kappa shape index (κ2) is 8.73. The van der Waals surface area contributed by atoms with Crippen LogP contribution in [0.4, 0.5) is 4.79 Å². The molecule has 1 atom stereocenters. The number of aryl methyl sites for hydroxylation is 1. The lowest BCUT2D eigenvalue weighted by Gasteiger charge is -2.19. The Morgan fingerprint density at radius 3 is 2.58 bits per heavy atom. The molecule has 24 heavy (non-hydrogen) atoms. The molecule has 130 valence electrons. The standard InChI is InChI=1S/C18H25ClN4O/c1-13(2)5-4-10-21-18(24)22-16(17-20-11-12-23(17)3)14-6-8-15(19)9-7-14/h6-9,11-13,16H,4-5,10H2,1-3H3,(H2,21,22,24)/t16-/m0/s1. The van der Waals surface area contributed by atoms with Crippen LogP contribution in [0.2, 0.25) is 5.02 Å². The molecule has 0 aliphatic rings. The van der Waals surface area contributed by atoms with E-state index in [9.17, 15) is 4.79 Å². The quantitative estimate of drug-likeness (QED) is 0.745. The molecular weight excluding hydrogens is 324 g/mol. The first kappa shape index (κ1) is 18.3. The van der Waals surface area contributed by atoms with Crippen LogP contribution in [0.1, 0.15) is 44.1 Å². The number of hydrogen-bond donors (Lipinski definition) is 2. The van der Waals surface area contributed by atoms with Crippen LogP contribution in [-0.4, -0.2) is 22.1 Å². The van der Waals surface area contributed by atoms with Gasteiger partial charge in [0.25, 0.3) is 0 Å². The van der Waals surface area contributed by atoms with E-state index >= 15 is 0 Å². The van der Waals surface area contributed by atoms with E-state index in [0.29, 0.717) is 17.5 Å². The molecule has 1 aromatic heterocycles. The third-order valence-electron chi connectivity index (χ3n) is 3.84. The third-order valence-corrected chi connectivity index (χ3v) is 4.09. The highest BCUT2D eigenvalue weighted by molar-refractivity contribution is 6.30. The zero-order valence-electron chi connectivity index (χ0n) is 14.4. The molecular formula is C18H25ClN4O. The van der Waals surface area contributed by atoms with E-state index in [0.717, 1.165) is 24.2 Å². The van der Waals surface area contributed by atoms with Crippen molar-refractivity contribution in [2.24, 2.45) is 13.0 Å². The normalized spacial score (nSPS) is 12.2. The van der Waals surface area contributed by atoms with E-state index < -0.39 is 0 Å². The summed E-state index contributed by atoms with van der Waals surface area (Å²) in [5.41, 5.74) is 0.936. The van der Waals surface area contributed by atoms with Gasteiger partial charge in [-0.3, -0.25) is 0 Å². The van der Waals surface area contributed by atoms with E-state index in [1.54, 1.807) is 6.20 Å². The summed E-state index contributed by atoms with van der Waals surface area (Å²) in [6.45, 7) is 5.02. The summed E-state index contributed by atoms with van der Waals surface area (Å²) < 4.78 is 1.90. The van der Waals surface area contributed by atoms with Crippen LogP contribution in [0.25, 0.3) is 0 Å². The minimum absolute atomic E-state index is 0.193. The predicted octanol–water partition coefficient (Wildman–Crippen LogP) is 3.90. The molecule has 5 nitrogen and oxygen atoms in total. The van der Waals surface area contributed by atoms with Crippen molar-refractivity contribution in [2.75, 3.05) is 6.54 Å². The monoisotopic (exact) mass is 348 g/mol. The zero-order chi connectivity index (χ0) is 17.5. The number of nitrogens with one attached hydrogen (secondary N) is 2. The second-order valence-corrected chi connectivity index (χ2v) is 6.75. The maximum atomic E-state index is 12.3. The van der Waals surface area contributed by atoms with Crippen molar-refractivity contribution >= 4 is 17.6 Å². The van der Waals surface area contributed by atoms with Gasteiger partial charge >= 0.3 is 6.03 Å². The Morgan fingerprint density at radius 2 is 2.00 bits per heavy atom. The molecule has 0 unspecified atom stereocenters. The Kier molecular flexibility index (Phi) is 6.67. The highest BCUT2D eigenvalue weighted by Gasteiger charge is 2.20. The van der Waals surface area contributed by atoms with Gasteiger partial charge in [0.2, 0.25) is 0 Å². The van der Waals surface area contributed by atoms with Crippen molar-refractivity contribution in [3.8, 4) is 0 Å². The topological polar surface area (TPSA) is 59.0 Å². The van der Waals surface area contributed by atoms with Gasteiger partial charge in [0.05, 0.1) is 0 Å². The van der Waals surface area contributed by atoms with Crippen LogP contribution in [0.15, 0.2) is 36.7 Å². The Morgan fingerprint density at radius 1 is 1.29 bits per heavy atom. The molecule has 0 aliphatic carbocycles. The van der Waals surface area contributed by atoms with E-state index in [-0.39, 0.29) is 12.1 Å². The van der Waals surface area contributed by atoms with Gasteiger partial charge in [-0.15, -0.1) is 0 Å². The van der Waals surface area contributed by atoms with Crippen LogP contribution in [0.3, 0.4) is 0 Å². The van der Waals surface area contributed by atoms with E-state index in [2.05, 4.69) is 29.5 Å². The van der Waals surface area contributed by atoms with Crippen LogP contribution < -0.4 is 10.6 Å². The van der Waals surface area contributed by atoms with Gasteiger partial charge in [0, 0.05) is 31.0 Å². The van der Waals surface area contributed by atoms with Crippen molar-refractivity contribution in [1.82, 2.24) is 20.2 Å². The first-order valence-electron chi connectivity index (χ1n) is 8.24. The Bertz CT molecular complexity index is 651. The molecule has 1 heterocycles. The molecule has 0 aliphatic heterocycles. The molecule has 2 N–H and O–H groups in total. The largest absolute Gasteiger partial charge is 0.338 e. The summed E-state index contributed by atoms with van der Waals surface area (Å²) in [5.74, 6) is 1.42. The third kappa shape index (κ3) is 5.27. The summed E-state index contributed by atoms with van der Waals surface area (Å²) in [4.78, 5) is 16.6. The number of hydrogen-bond acceptors (Lipinski definition) is 2. The van der Waals surface area contributed by atoms with E-state index in [1.807, 2.05) is 42.1 Å². The Balaban J connectivity index is 2.05. The van der Waals surface area contributed by atoms with E-state index in [1.165, 1.54) is 0 Å². The van der Waals surface area contributed by atoms with Crippen molar-refractivity contribution < 1.29 is 4.79 Å². The SMILES string of the molecule is CC(C)CCCNC(=O)N[C@@H](c1ccc(Cl)cc1)c1nccn1C. The summed E-state index contributed by atoms with van der Waals surface area (Å²) >= 11 is 5.97. The predicted molar refractivity (Wildman–Crippen MR) is 97.1 cm³/mol. The molecule has 1 aromatic carbocycles. The summed E-state index contributed by atoms with van der Waals surface area (Å²) in [7, 11) is 1.91. The molecule has 2 aromatic rings. The number of rotatable bonds is 7. The molecule has 2 rings (SSSR count). The van der Waals surface area contributed by atoms with Gasteiger partial charge < -0.3 is 15.2 Å². The fourth-order valence-corrected chi connectivity index (χ4v) is 2.63. The zero-order valence-corrected chi connectivity index (χ0v) is 15.2. The lowest BCUT2D eigenvalue weighted by atomic mass is 10.1. The highest BCUT2D eigenvalue weighted by atomic mass is 35.5.